The van der Waals surface area contributed by atoms with E-state index in [9.17, 15) is 9.59 Å². The molecule has 132 valence electrons. The quantitative estimate of drug-likeness (QED) is 0.745. The van der Waals surface area contributed by atoms with Crippen LogP contribution in [0, 0.1) is 0 Å². The number of fused-ring (bicyclic) bond motifs is 2. The van der Waals surface area contributed by atoms with Gasteiger partial charge >= 0.3 is 0 Å². The lowest BCUT2D eigenvalue weighted by atomic mass is 9.71. The third-order valence-electron chi connectivity index (χ3n) is 5.19. The summed E-state index contributed by atoms with van der Waals surface area (Å²) in [6.07, 6.45) is 4.64. The van der Waals surface area contributed by atoms with E-state index >= 15 is 0 Å². The zero-order chi connectivity index (χ0) is 18.3. The van der Waals surface area contributed by atoms with E-state index in [-0.39, 0.29) is 28.6 Å². The predicted octanol–water partition coefficient (Wildman–Crippen LogP) is 2.86. The van der Waals surface area contributed by atoms with Gasteiger partial charge in [-0.1, -0.05) is 38.1 Å². The van der Waals surface area contributed by atoms with Gasteiger partial charge in [0.25, 0.3) is 11.5 Å². The smallest absolute Gasteiger partial charge is 0.270 e. The van der Waals surface area contributed by atoms with E-state index < -0.39 is 0 Å². The molecule has 0 saturated carbocycles. The molecule has 0 bridgehead atoms. The van der Waals surface area contributed by atoms with Gasteiger partial charge in [-0.25, -0.2) is 9.97 Å². The van der Waals surface area contributed by atoms with Crippen LogP contribution >= 0.6 is 0 Å². The Kier molecular flexibility index (Phi) is 3.83. The Balaban J connectivity index is 1.65. The number of nitrogens with zero attached hydrogens (tertiary/aromatic N) is 2. The SMILES string of the molecule is CC1(C)CCC(NC(=O)c2cc3c(=O)[nH]cnc3cn2)c2ccccc21. The minimum Gasteiger partial charge on any atom is -0.344 e. The molecule has 0 saturated heterocycles. The van der Waals surface area contributed by atoms with Crippen LogP contribution in [-0.2, 0) is 5.41 Å². The number of hydrogen-bond donors (Lipinski definition) is 2. The first-order valence-corrected chi connectivity index (χ1v) is 8.69. The van der Waals surface area contributed by atoms with Gasteiger partial charge in [-0.05, 0) is 35.4 Å². The van der Waals surface area contributed by atoms with E-state index in [2.05, 4.69) is 46.2 Å². The highest BCUT2D eigenvalue weighted by molar-refractivity contribution is 5.95. The van der Waals surface area contributed by atoms with Crippen LogP contribution in [0.1, 0.15) is 54.3 Å². The maximum absolute atomic E-state index is 12.7. The van der Waals surface area contributed by atoms with Gasteiger partial charge in [0.15, 0.2) is 0 Å². The average molecular weight is 348 g/mol. The molecule has 1 atom stereocenters. The summed E-state index contributed by atoms with van der Waals surface area (Å²) in [5.74, 6) is -0.283. The van der Waals surface area contributed by atoms with Crippen molar-refractivity contribution in [3.8, 4) is 0 Å². The Morgan fingerprint density at radius 3 is 2.92 bits per heavy atom. The summed E-state index contributed by atoms with van der Waals surface area (Å²) < 4.78 is 0. The van der Waals surface area contributed by atoms with E-state index in [1.807, 2.05) is 12.1 Å². The van der Waals surface area contributed by atoms with Crippen molar-refractivity contribution in [2.45, 2.75) is 38.1 Å². The number of carbonyl (C=O) groups excluding carboxylic acids is 1. The second-order valence-corrected chi connectivity index (χ2v) is 7.35. The van der Waals surface area contributed by atoms with Gasteiger partial charge in [-0.15, -0.1) is 0 Å². The van der Waals surface area contributed by atoms with Gasteiger partial charge in [0, 0.05) is 0 Å². The van der Waals surface area contributed by atoms with Crippen LogP contribution in [0.3, 0.4) is 0 Å². The fraction of sp³-hybridized carbons (Fsp3) is 0.300. The minimum atomic E-state index is -0.283. The highest BCUT2D eigenvalue weighted by Crippen LogP contribution is 2.41. The lowest BCUT2D eigenvalue weighted by Gasteiger charge is -2.37. The molecule has 1 aliphatic carbocycles. The number of aromatic nitrogens is 3. The Bertz CT molecular complexity index is 1050. The predicted molar refractivity (Wildman–Crippen MR) is 99.1 cm³/mol. The lowest BCUT2D eigenvalue weighted by molar-refractivity contribution is 0.0924. The second kappa shape index (κ2) is 6.05. The van der Waals surface area contributed by atoms with Crippen LogP contribution in [0.15, 0.2) is 47.7 Å². The summed E-state index contributed by atoms with van der Waals surface area (Å²) in [5, 5.41) is 3.44. The number of hydrogen-bond acceptors (Lipinski definition) is 4. The first-order chi connectivity index (χ1) is 12.5. The van der Waals surface area contributed by atoms with Crippen LogP contribution < -0.4 is 10.9 Å². The van der Waals surface area contributed by atoms with E-state index in [0.29, 0.717) is 10.9 Å². The number of H-pyrrole nitrogens is 1. The molecule has 0 aliphatic heterocycles. The topological polar surface area (TPSA) is 87.7 Å². The number of aromatic amines is 1. The van der Waals surface area contributed by atoms with Crippen LogP contribution in [0.25, 0.3) is 10.9 Å². The van der Waals surface area contributed by atoms with Crippen LogP contribution in [0.2, 0.25) is 0 Å². The maximum Gasteiger partial charge on any atom is 0.270 e. The molecule has 0 radical (unpaired) electrons. The molecular formula is C20H20N4O2. The van der Waals surface area contributed by atoms with Crippen molar-refractivity contribution in [1.29, 1.82) is 0 Å². The summed E-state index contributed by atoms with van der Waals surface area (Å²) in [7, 11) is 0. The van der Waals surface area contributed by atoms with E-state index in [1.165, 1.54) is 24.2 Å². The van der Waals surface area contributed by atoms with Crippen molar-refractivity contribution in [2.24, 2.45) is 0 Å². The molecule has 1 aromatic carbocycles. The highest BCUT2D eigenvalue weighted by Gasteiger charge is 2.33. The van der Waals surface area contributed by atoms with Gasteiger partial charge < -0.3 is 10.3 Å². The zero-order valence-corrected chi connectivity index (χ0v) is 14.7. The molecule has 3 aromatic rings. The Labute approximate surface area is 150 Å². The first kappa shape index (κ1) is 16.4. The summed E-state index contributed by atoms with van der Waals surface area (Å²) in [6, 6.07) is 9.68. The fourth-order valence-corrected chi connectivity index (χ4v) is 3.69. The van der Waals surface area contributed by atoms with Gasteiger partial charge in [-0.2, -0.15) is 0 Å². The normalized spacial score (nSPS) is 18.3. The molecule has 26 heavy (non-hydrogen) atoms. The summed E-state index contributed by atoms with van der Waals surface area (Å²) >= 11 is 0. The van der Waals surface area contributed by atoms with Crippen LogP contribution in [0.5, 0.6) is 0 Å². The lowest BCUT2D eigenvalue weighted by Crippen LogP contribution is -2.36. The maximum atomic E-state index is 12.7. The number of pyridine rings is 1. The van der Waals surface area contributed by atoms with E-state index in [4.69, 9.17) is 0 Å². The number of rotatable bonds is 2. The number of carbonyl (C=O) groups is 1. The first-order valence-electron chi connectivity index (χ1n) is 8.69. The number of benzene rings is 1. The van der Waals surface area contributed by atoms with E-state index in [1.54, 1.807) is 0 Å². The van der Waals surface area contributed by atoms with Crippen molar-refractivity contribution in [3.05, 3.63) is 70.0 Å². The second-order valence-electron chi connectivity index (χ2n) is 7.35. The molecule has 0 spiro atoms. The molecule has 1 amide bonds. The summed E-state index contributed by atoms with van der Waals surface area (Å²) in [6.45, 7) is 4.46. The Morgan fingerprint density at radius 2 is 2.08 bits per heavy atom. The molecule has 2 N–H and O–H groups in total. The van der Waals surface area contributed by atoms with Crippen LogP contribution in [-0.4, -0.2) is 20.9 Å². The zero-order valence-electron chi connectivity index (χ0n) is 14.7. The van der Waals surface area contributed by atoms with Gasteiger partial charge in [0.1, 0.15) is 5.69 Å². The van der Waals surface area contributed by atoms with Crippen molar-refractivity contribution < 1.29 is 4.79 Å². The fourth-order valence-electron chi connectivity index (χ4n) is 3.69. The molecule has 4 rings (SSSR count). The largest absolute Gasteiger partial charge is 0.344 e. The van der Waals surface area contributed by atoms with Gasteiger partial charge in [0.2, 0.25) is 0 Å². The Morgan fingerprint density at radius 1 is 1.27 bits per heavy atom. The van der Waals surface area contributed by atoms with Crippen LogP contribution in [0.4, 0.5) is 0 Å². The molecule has 0 fully saturated rings. The number of amides is 1. The Hall–Kier alpha value is -3.02. The summed E-state index contributed by atoms with van der Waals surface area (Å²) in [5.41, 5.74) is 2.92. The molecule has 1 unspecified atom stereocenters. The molecule has 2 heterocycles. The average Bonchev–Trinajstić information content (AvgIpc) is 2.64. The molecule has 6 heteroatoms. The van der Waals surface area contributed by atoms with Crippen molar-refractivity contribution in [2.75, 3.05) is 0 Å². The number of nitrogens with one attached hydrogen (secondary N) is 2. The molecular weight excluding hydrogens is 328 g/mol. The van der Waals surface area contributed by atoms with Crippen molar-refractivity contribution in [3.63, 3.8) is 0 Å². The molecule has 2 aromatic heterocycles. The molecule has 6 nitrogen and oxygen atoms in total. The van der Waals surface area contributed by atoms with Gasteiger partial charge in [0.05, 0.1) is 29.5 Å². The third-order valence-corrected chi connectivity index (χ3v) is 5.19. The highest BCUT2D eigenvalue weighted by atomic mass is 16.2. The summed E-state index contributed by atoms with van der Waals surface area (Å²) in [4.78, 5) is 35.4. The van der Waals surface area contributed by atoms with Crippen molar-refractivity contribution >= 4 is 16.8 Å². The minimum absolute atomic E-state index is 0.0589. The van der Waals surface area contributed by atoms with E-state index in [0.717, 1.165) is 18.4 Å². The monoisotopic (exact) mass is 348 g/mol. The third kappa shape index (κ3) is 2.77. The standard InChI is InChI=1S/C20H20N4O2/c1-20(2)8-7-15(12-5-3-4-6-14(12)20)24-19(26)16-9-13-17(10-21-16)22-11-23-18(13)25/h3-6,9-11,15H,7-8H2,1-2H3,(H,24,26)(H,22,23,25). The van der Waals surface area contributed by atoms with Gasteiger partial charge in [-0.3, -0.25) is 9.59 Å². The molecule has 1 aliphatic rings. The van der Waals surface area contributed by atoms with Crippen molar-refractivity contribution in [1.82, 2.24) is 20.3 Å².